The van der Waals surface area contributed by atoms with Crippen molar-refractivity contribution >= 4 is 5.97 Å². The first-order valence-electron chi connectivity index (χ1n) is 3.96. The standard InChI is InChI=1S/C9H9NO3/c10-7-4-5-2-1-3-6(9(11)12)8(5)13-7/h1-3,7H,4,10H2,(H,11,12). The summed E-state index contributed by atoms with van der Waals surface area (Å²) in [5.74, 6) is -0.562. The molecule has 4 heteroatoms. The van der Waals surface area contributed by atoms with Crippen molar-refractivity contribution < 1.29 is 14.6 Å². The highest BCUT2D eigenvalue weighted by molar-refractivity contribution is 5.91. The van der Waals surface area contributed by atoms with Crippen molar-refractivity contribution in [1.29, 1.82) is 0 Å². The molecule has 0 amide bonds. The second-order valence-corrected chi connectivity index (χ2v) is 2.96. The largest absolute Gasteiger partial charge is 0.478 e. The molecule has 0 aromatic heterocycles. The fraction of sp³-hybridized carbons (Fsp3) is 0.222. The first kappa shape index (κ1) is 8.07. The van der Waals surface area contributed by atoms with E-state index >= 15 is 0 Å². The Morgan fingerprint density at radius 2 is 2.38 bits per heavy atom. The topological polar surface area (TPSA) is 72.6 Å². The van der Waals surface area contributed by atoms with E-state index in [4.69, 9.17) is 15.6 Å². The zero-order chi connectivity index (χ0) is 9.42. The molecule has 1 aliphatic rings. The van der Waals surface area contributed by atoms with Crippen molar-refractivity contribution in [3.63, 3.8) is 0 Å². The van der Waals surface area contributed by atoms with Crippen molar-refractivity contribution in [3.8, 4) is 5.75 Å². The Kier molecular flexibility index (Phi) is 1.70. The van der Waals surface area contributed by atoms with Gasteiger partial charge in [0.25, 0.3) is 0 Å². The van der Waals surface area contributed by atoms with Gasteiger partial charge in [0.1, 0.15) is 11.3 Å². The van der Waals surface area contributed by atoms with Crippen LogP contribution in [-0.2, 0) is 6.42 Å². The molecule has 4 nitrogen and oxygen atoms in total. The van der Waals surface area contributed by atoms with E-state index < -0.39 is 12.2 Å². The molecule has 1 aromatic rings. The number of fused-ring (bicyclic) bond motifs is 1. The van der Waals surface area contributed by atoms with E-state index in [0.29, 0.717) is 12.2 Å². The second-order valence-electron chi connectivity index (χ2n) is 2.96. The van der Waals surface area contributed by atoms with Gasteiger partial charge in [0.05, 0.1) is 0 Å². The van der Waals surface area contributed by atoms with Gasteiger partial charge in [0.15, 0.2) is 6.23 Å². The van der Waals surface area contributed by atoms with Crippen LogP contribution in [-0.4, -0.2) is 17.3 Å². The number of rotatable bonds is 1. The Morgan fingerprint density at radius 3 is 3.08 bits per heavy atom. The third-order valence-electron chi connectivity index (χ3n) is 2.02. The highest BCUT2D eigenvalue weighted by atomic mass is 16.5. The molecule has 0 saturated carbocycles. The van der Waals surface area contributed by atoms with E-state index in [1.165, 1.54) is 6.07 Å². The monoisotopic (exact) mass is 179 g/mol. The fourth-order valence-electron chi connectivity index (χ4n) is 1.46. The van der Waals surface area contributed by atoms with Gasteiger partial charge >= 0.3 is 5.97 Å². The van der Waals surface area contributed by atoms with Crippen LogP contribution in [0.2, 0.25) is 0 Å². The third-order valence-corrected chi connectivity index (χ3v) is 2.02. The van der Waals surface area contributed by atoms with Gasteiger partial charge in [-0.1, -0.05) is 12.1 Å². The molecule has 1 heterocycles. The van der Waals surface area contributed by atoms with Crippen molar-refractivity contribution in [1.82, 2.24) is 0 Å². The maximum atomic E-state index is 10.7. The van der Waals surface area contributed by atoms with E-state index in [2.05, 4.69) is 0 Å². The molecule has 1 aliphatic heterocycles. The van der Waals surface area contributed by atoms with E-state index in [1.54, 1.807) is 6.07 Å². The summed E-state index contributed by atoms with van der Waals surface area (Å²) in [5.41, 5.74) is 6.59. The maximum absolute atomic E-state index is 10.7. The summed E-state index contributed by atoms with van der Waals surface area (Å²) in [6.07, 6.45) is 0.173. The number of aromatic carboxylic acids is 1. The minimum Gasteiger partial charge on any atom is -0.478 e. The van der Waals surface area contributed by atoms with E-state index in [-0.39, 0.29) is 5.56 Å². The lowest BCUT2D eigenvalue weighted by atomic mass is 10.1. The first-order chi connectivity index (χ1) is 6.18. The molecule has 0 spiro atoms. The number of hydrogen-bond donors (Lipinski definition) is 2. The van der Waals surface area contributed by atoms with E-state index in [0.717, 1.165) is 5.56 Å². The number of carbonyl (C=O) groups is 1. The van der Waals surface area contributed by atoms with Crippen LogP contribution in [0.4, 0.5) is 0 Å². The Bertz CT molecular complexity index is 362. The van der Waals surface area contributed by atoms with Crippen LogP contribution in [0.5, 0.6) is 5.75 Å². The van der Waals surface area contributed by atoms with Gasteiger partial charge in [-0.2, -0.15) is 0 Å². The summed E-state index contributed by atoms with van der Waals surface area (Å²) in [5, 5.41) is 8.81. The summed E-state index contributed by atoms with van der Waals surface area (Å²) >= 11 is 0. The second kappa shape index (κ2) is 2.74. The van der Waals surface area contributed by atoms with Gasteiger partial charge in [-0.15, -0.1) is 0 Å². The SMILES string of the molecule is NC1Cc2cccc(C(=O)O)c2O1. The molecule has 1 atom stereocenters. The number of nitrogens with two attached hydrogens (primary N) is 1. The third kappa shape index (κ3) is 1.25. The molecule has 1 aromatic carbocycles. The molecule has 13 heavy (non-hydrogen) atoms. The molecule has 0 bridgehead atoms. The van der Waals surface area contributed by atoms with Gasteiger partial charge in [0.2, 0.25) is 0 Å². The Morgan fingerprint density at radius 1 is 1.62 bits per heavy atom. The smallest absolute Gasteiger partial charge is 0.339 e. The van der Waals surface area contributed by atoms with Crippen molar-refractivity contribution in [2.24, 2.45) is 5.73 Å². The molecular formula is C9H9NO3. The van der Waals surface area contributed by atoms with Crippen molar-refractivity contribution in [2.45, 2.75) is 12.6 Å². The van der Waals surface area contributed by atoms with E-state index in [9.17, 15) is 4.79 Å². The van der Waals surface area contributed by atoms with E-state index in [1.807, 2.05) is 6.07 Å². The summed E-state index contributed by atoms with van der Waals surface area (Å²) in [6, 6.07) is 5.04. The Labute approximate surface area is 74.9 Å². The highest BCUT2D eigenvalue weighted by Gasteiger charge is 2.24. The number of benzene rings is 1. The van der Waals surface area contributed by atoms with Gasteiger partial charge in [0, 0.05) is 12.0 Å². The van der Waals surface area contributed by atoms with Crippen LogP contribution in [0.1, 0.15) is 15.9 Å². The lowest BCUT2D eigenvalue weighted by Gasteiger charge is -2.04. The zero-order valence-electron chi connectivity index (χ0n) is 6.86. The average Bonchev–Trinajstić information content (AvgIpc) is 2.43. The Balaban J connectivity index is 2.51. The van der Waals surface area contributed by atoms with Crippen LogP contribution in [0.3, 0.4) is 0 Å². The molecule has 0 saturated heterocycles. The normalized spacial score (nSPS) is 19.3. The number of para-hydroxylation sites is 1. The molecule has 0 radical (unpaired) electrons. The van der Waals surface area contributed by atoms with Gasteiger partial charge in [-0.05, 0) is 6.07 Å². The fourth-order valence-corrected chi connectivity index (χ4v) is 1.46. The maximum Gasteiger partial charge on any atom is 0.339 e. The van der Waals surface area contributed by atoms with Crippen LogP contribution >= 0.6 is 0 Å². The summed E-state index contributed by atoms with van der Waals surface area (Å²) in [4.78, 5) is 10.7. The molecule has 0 fully saturated rings. The lowest BCUT2D eigenvalue weighted by Crippen LogP contribution is -2.24. The van der Waals surface area contributed by atoms with Gasteiger partial charge < -0.3 is 9.84 Å². The first-order valence-corrected chi connectivity index (χ1v) is 3.96. The summed E-state index contributed by atoms with van der Waals surface area (Å²) in [7, 11) is 0. The van der Waals surface area contributed by atoms with Gasteiger partial charge in [-0.25, -0.2) is 4.79 Å². The van der Waals surface area contributed by atoms with Gasteiger partial charge in [-0.3, -0.25) is 5.73 Å². The van der Waals surface area contributed by atoms with Crippen LogP contribution in [0.25, 0.3) is 0 Å². The molecular weight excluding hydrogens is 170 g/mol. The lowest BCUT2D eigenvalue weighted by molar-refractivity contribution is 0.0691. The minimum absolute atomic E-state index is 0.186. The number of ether oxygens (including phenoxy) is 1. The van der Waals surface area contributed by atoms with Crippen LogP contribution < -0.4 is 10.5 Å². The zero-order valence-corrected chi connectivity index (χ0v) is 6.86. The summed E-state index contributed by atoms with van der Waals surface area (Å²) < 4.78 is 5.20. The molecule has 3 N–H and O–H groups in total. The predicted molar refractivity (Wildman–Crippen MR) is 45.7 cm³/mol. The number of carboxylic acids is 1. The van der Waals surface area contributed by atoms with Crippen molar-refractivity contribution in [2.75, 3.05) is 0 Å². The average molecular weight is 179 g/mol. The molecule has 68 valence electrons. The quantitative estimate of drug-likeness (QED) is 0.662. The number of carboxylic acid groups (broad SMARTS) is 1. The highest BCUT2D eigenvalue weighted by Crippen LogP contribution is 2.30. The molecule has 0 aliphatic carbocycles. The number of hydrogen-bond acceptors (Lipinski definition) is 3. The summed E-state index contributed by atoms with van der Waals surface area (Å²) in [6.45, 7) is 0. The minimum atomic E-state index is -0.981. The van der Waals surface area contributed by atoms with Crippen LogP contribution in [0, 0.1) is 0 Å². The Hall–Kier alpha value is -1.55. The molecule has 2 rings (SSSR count). The predicted octanol–water partition coefficient (Wildman–Crippen LogP) is 0.605. The van der Waals surface area contributed by atoms with Crippen molar-refractivity contribution in [3.05, 3.63) is 29.3 Å². The van der Waals surface area contributed by atoms with Crippen LogP contribution in [0.15, 0.2) is 18.2 Å². The molecule has 1 unspecified atom stereocenters.